The number of hydrogen-bond acceptors (Lipinski definition) is 9. The Kier molecular flexibility index (Phi) is 8.20. The number of ether oxygens (including phenoxy) is 1. The van der Waals surface area contributed by atoms with Crippen LogP contribution in [0.3, 0.4) is 0 Å². The van der Waals surface area contributed by atoms with Crippen molar-refractivity contribution in [1.82, 2.24) is 23.9 Å². The third-order valence-electron chi connectivity index (χ3n) is 11.4. The van der Waals surface area contributed by atoms with Crippen molar-refractivity contribution in [2.45, 2.75) is 69.9 Å². The van der Waals surface area contributed by atoms with E-state index in [2.05, 4.69) is 45.7 Å². The number of aliphatic hydroxyl groups excluding tert-OH is 1. The summed E-state index contributed by atoms with van der Waals surface area (Å²) < 4.78 is 9.19. The molecule has 258 valence electrons. The minimum atomic E-state index is -1.23. The highest BCUT2D eigenvalue weighted by molar-refractivity contribution is 5.99. The maximum atomic E-state index is 14.6. The summed E-state index contributed by atoms with van der Waals surface area (Å²) in [5, 5.41) is 14.8. The molecule has 3 aromatic heterocycles. The Morgan fingerprint density at radius 2 is 1.88 bits per heavy atom. The maximum Gasteiger partial charge on any atom is 0.272 e. The molecule has 49 heavy (non-hydrogen) atoms. The van der Waals surface area contributed by atoms with Crippen LogP contribution in [0.1, 0.15) is 54.0 Å². The van der Waals surface area contributed by atoms with Crippen LogP contribution in [0, 0.1) is 5.92 Å². The topological polar surface area (TPSA) is 120 Å². The second-order valence-electron chi connectivity index (χ2n) is 14.4. The Morgan fingerprint density at radius 1 is 1.04 bits per heavy atom. The summed E-state index contributed by atoms with van der Waals surface area (Å²) in [5.41, 5.74) is 4.40. The van der Waals surface area contributed by atoms with Gasteiger partial charge in [-0.05, 0) is 80.5 Å². The van der Waals surface area contributed by atoms with Gasteiger partial charge in [-0.2, -0.15) is 0 Å². The van der Waals surface area contributed by atoms with Gasteiger partial charge in [0, 0.05) is 69.5 Å². The largest absolute Gasteiger partial charge is 0.396 e. The van der Waals surface area contributed by atoms with E-state index in [1.165, 1.54) is 21.9 Å². The number of nitrogens with zero attached hydrogens (tertiary/aromatic N) is 7. The molecule has 1 amide bonds. The number of piperazine rings is 1. The lowest BCUT2D eigenvalue weighted by Gasteiger charge is -2.50. The third kappa shape index (κ3) is 5.40. The Labute approximate surface area is 286 Å². The molecule has 4 aliphatic heterocycles. The van der Waals surface area contributed by atoms with E-state index >= 15 is 0 Å². The molecule has 1 aliphatic carbocycles. The van der Waals surface area contributed by atoms with Gasteiger partial charge in [0.2, 0.25) is 5.56 Å². The molecule has 0 saturated carbocycles. The number of aliphatic hydroxyl groups is 1. The van der Waals surface area contributed by atoms with E-state index in [1.807, 2.05) is 17.2 Å². The van der Waals surface area contributed by atoms with Crippen molar-refractivity contribution in [1.29, 1.82) is 0 Å². The molecule has 3 aromatic rings. The number of nitrogens with one attached hydrogen (secondary N) is 1. The SMILES string of the molecule is C[C@@H]1CN(c2ccc(NC3(N4CCn5c(cc6c5CCCC6)C4=O)C=NC=C(c4ccc(=O)n(C)c4)C3CO)nc2)[C@@H](C)CN1C1COC1. The van der Waals surface area contributed by atoms with Crippen LogP contribution in [0.4, 0.5) is 11.5 Å². The van der Waals surface area contributed by atoms with Crippen molar-refractivity contribution in [3.05, 3.63) is 81.8 Å². The fraction of sp³-hybridized carbons (Fsp3) is 0.514. The van der Waals surface area contributed by atoms with Crippen LogP contribution < -0.4 is 15.8 Å². The number of fused-ring (bicyclic) bond motifs is 3. The molecule has 8 rings (SSSR count). The quantitative estimate of drug-likeness (QED) is 0.395. The predicted molar refractivity (Wildman–Crippen MR) is 189 cm³/mol. The number of amides is 1. The first-order valence-electron chi connectivity index (χ1n) is 17.7. The highest BCUT2D eigenvalue weighted by Gasteiger charge is 2.50. The predicted octanol–water partition coefficient (Wildman–Crippen LogP) is 2.76. The summed E-state index contributed by atoms with van der Waals surface area (Å²) in [5.74, 6) is -0.128. The smallest absolute Gasteiger partial charge is 0.272 e. The molecular formula is C37H46N8O4. The molecule has 12 heteroatoms. The highest BCUT2D eigenvalue weighted by atomic mass is 16.5. The Morgan fingerprint density at radius 3 is 2.61 bits per heavy atom. The third-order valence-corrected chi connectivity index (χ3v) is 11.4. The summed E-state index contributed by atoms with van der Waals surface area (Å²) in [6.07, 6.45) is 11.4. The van der Waals surface area contributed by atoms with Crippen LogP contribution in [0.2, 0.25) is 0 Å². The highest BCUT2D eigenvalue weighted by Crippen LogP contribution is 2.41. The number of carbonyl (C=O) groups excluding carboxylic acids is 1. The first kappa shape index (κ1) is 32.0. The van der Waals surface area contributed by atoms with Crippen molar-refractivity contribution in [3.8, 4) is 0 Å². The minimum Gasteiger partial charge on any atom is -0.396 e. The number of hydrogen-bond donors (Lipinski definition) is 2. The molecule has 0 aromatic carbocycles. The molecular weight excluding hydrogens is 620 g/mol. The van der Waals surface area contributed by atoms with Crippen molar-refractivity contribution in [3.63, 3.8) is 0 Å². The van der Waals surface area contributed by atoms with E-state index in [4.69, 9.17) is 14.7 Å². The molecule has 2 fully saturated rings. The molecule has 2 unspecified atom stereocenters. The second-order valence-corrected chi connectivity index (χ2v) is 14.4. The lowest BCUT2D eigenvalue weighted by molar-refractivity contribution is -0.0828. The van der Waals surface area contributed by atoms with E-state index in [9.17, 15) is 14.7 Å². The molecule has 4 atom stereocenters. The normalized spacial score (nSPS) is 27.4. The van der Waals surface area contributed by atoms with Crippen LogP contribution in [0.25, 0.3) is 5.57 Å². The summed E-state index contributed by atoms with van der Waals surface area (Å²) in [4.78, 5) is 43.3. The Hall–Kier alpha value is -4.26. The van der Waals surface area contributed by atoms with Crippen LogP contribution in [-0.2, 0) is 31.2 Å². The zero-order valence-electron chi connectivity index (χ0n) is 28.6. The van der Waals surface area contributed by atoms with Gasteiger partial charge in [0.05, 0.1) is 49.9 Å². The van der Waals surface area contributed by atoms with Crippen LogP contribution in [0.5, 0.6) is 0 Å². The van der Waals surface area contributed by atoms with Gasteiger partial charge in [-0.15, -0.1) is 0 Å². The van der Waals surface area contributed by atoms with E-state index in [0.29, 0.717) is 42.7 Å². The van der Waals surface area contributed by atoms with E-state index in [0.717, 1.165) is 68.8 Å². The van der Waals surface area contributed by atoms with Crippen LogP contribution in [-0.4, -0.2) is 104 Å². The molecule has 12 nitrogen and oxygen atoms in total. The van der Waals surface area contributed by atoms with Crippen molar-refractivity contribution < 1.29 is 14.6 Å². The summed E-state index contributed by atoms with van der Waals surface area (Å²) in [6, 6.07) is 10.6. The average molecular weight is 667 g/mol. The average Bonchev–Trinajstić information content (AvgIpc) is 3.47. The van der Waals surface area contributed by atoms with Crippen molar-refractivity contribution in [2.75, 3.05) is 49.7 Å². The van der Waals surface area contributed by atoms with E-state index in [1.54, 1.807) is 31.7 Å². The van der Waals surface area contributed by atoms with Crippen molar-refractivity contribution in [2.24, 2.45) is 18.0 Å². The number of anilines is 2. The summed E-state index contributed by atoms with van der Waals surface area (Å²) in [6.45, 7) is 8.85. The molecule has 7 heterocycles. The number of rotatable bonds is 7. The zero-order valence-corrected chi connectivity index (χ0v) is 28.6. The minimum absolute atomic E-state index is 0.103. The van der Waals surface area contributed by atoms with Gasteiger partial charge < -0.3 is 34.1 Å². The number of aromatic nitrogens is 3. The number of aryl methyl sites for hydroxylation is 2. The van der Waals surface area contributed by atoms with Gasteiger partial charge in [-0.25, -0.2) is 4.98 Å². The van der Waals surface area contributed by atoms with Gasteiger partial charge in [-0.3, -0.25) is 19.5 Å². The second kappa shape index (κ2) is 12.6. The summed E-state index contributed by atoms with van der Waals surface area (Å²) in [7, 11) is 1.71. The van der Waals surface area contributed by atoms with Crippen molar-refractivity contribution >= 4 is 29.2 Å². The lowest BCUT2D eigenvalue weighted by atomic mass is 9.80. The number of pyridine rings is 2. The van der Waals surface area contributed by atoms with Crippen LogP contribution >= 0.6 is 0 Å². The first-order chi connectivity index (χ1) is 23.8. The maximum absolute atomic E-state index is 14.6. The van der Waals surface area contributed by atoms with Crippen LogP contribution in [0.15, 0.2) is 58.7 Å². The standard InChI is InChI=1S/C37H46N8O4/c1-24-18-44(29-21-49-22-29)25(2)17-43(24)28-9-10-34(39-15-28)40-37(23-38-16-30(31(37)20-46)27-8-11-35(47)41(3)19-27)45-13-12-42-32-7-5-4-6-26(32)14-33(42)36(45)48/h8-11,14-16,19,23-25,29,31,46H,4-7,12-13,17-18,20-22H2,1-3H3,(H,39,40)/t24-,25+,31?,37?/m0/s1. The monoisotopic (exact) mass is 666 g/mol. The van der Waals surface area contributed by atoms with Gasteiger partial charge in [-0.1, -0.05) is 0 Å². The lowest BCUT2D eigenvalue weighted by Crippen LogP contribution is -2.66. The zero-order chi connectivity index (χ0) is 33.9. The number of aliphatic imine (C=N–C) groups is 1. The van der Waals surface area contributed by atoms with Gasteiger partial charge in [0.15, 0.2) is 5.66 Å². The Balaban J connectivity index is 1.13. The summed E-state index contributed by atoms with van der Waals surface area (Å²) >= 11 is 0. The first-order valence-corrected chi connectivity index (χ1v) is 17.7. The number of carbonyl (C=O) groups is 1. The molecule has 5 aliphatic rings. The molecule has 0 bridgehead atoms. The van der Waals surface area contributed by atoms with E-state index < -0.39 is 11.6 Å². The molecule has 2 N–H and O–H groups in total. The fourth-order valence-corrected chi connectivity index (χ4v) is 8.63. The van der Waals surface area contributed by atoms with Gasteiger partial charge in [0.25, 0.3) is 5.91 Å². The molecule has 0 radical (unpaired) electrons. The fourth-order valence-electron chi connectivity index (χ4n) is 8.63. The van der Waals surface area contributed by atoms with Gasteiger partial charge in [0.1, 0.15) is 11.5 Å². The molecule has 2 saturated heterocycles. The van der Waals surface area contributed by atoms with E-state index in [-0.39, 0.29) is 18.1 Å². The van der Waals surface area contributed by atoms with Gasteiger partial charge >= 0.3 is 0 Å². The molecule has 0 spiro atoms. The Bertz CT molecular complexity index is 1860.